The van der Waals surface area contributed by atoms with Gasteiger partial charge in [-0.2, -0.15) is 0 Å². The van der Waals surface area contributed by atoms with E-state index in [1.807, 2.05) is 6.21 Å². The molecule has 16 heavy (non-hydrogen) atoms. The molecule has 2 rings (SSSR count). The van der Waals surface area contributed by atoms with Crippen LogP contribution < -0.4 is 5.32 Å². The van der Waals surface area contributed by atoms with E-state index >= 15 is 0 Å². The predicted octanol–water partition coefficient (Wildman–Crippen LogP) is 1.95. The Hall–Kier alpha value is -0.410. The molecule has 1 aliphatic heterocycles. The third-order valence-corrected chi connectivity index (χ3v) is 3.88. The predicted molar refractivity (Wildman–Crippen MR) is 66.6 cm³/mol. The van der Waals surface area contributed by atoms with Gasteiger partial charge in [0.2, 0.25) is 0 Å². The van der Waals surface area contributed by atoms with Gasteiger partial charge in [-0.3, -0.25) is 10.3 Å². The maximum absolute atomic E-state index is 9.84. The van der Waals surface area contributed by atoms with Crippen molar-refractivity contribution < 1.29 is 5.11 Å². The molecule has 1 aliphatic carbocycles. The number of hydrogen-bond donors (Lipinski definition) is 2. The summed E-state index contributed by atoms with van der Waals surface area (Å²) in [5.74, 6) is 1.08. The van der Waals surface area contributed by atoms with Crippen LogP contribution in [0.4, 0.5) is 0 Å². The van der Waals surface area contributed by atoms with Gasteiger partial charge in [-0.05, 0) is 38.1 Å². The molecular formula is C13H24N2O. The second-order valence-electron chi connectivity index (χ2n) is 5.41. The van der Waals surface area contributed by atoms with Crippen LogP contribution in [0, 0.1) is 11.8 Å². The van der Waals surface area contributed by atoms with Gasteiger partial charge in [-0.1, -0.05) is 19.8 Å². The van der Waals surface area contributed by atoms with Gasteiger partial charge in [0.1, 0.15) is 0 Å². The molecule has 2 N–H and O–H groups in total. The van der Waals surface area contributed by atoms with E-state index in [-0.39, 0.29) is 12.3 Å². The summed E-state index contributed by atoms with van der Waals surface area (Å²) in [6.07, 6.45) is 9.01. The van der Waals surface area contributed by atoms with E-state index in [4.69, 9.17) is 0 Å². The molecule has 2 aliphatic rings. The van der Waals surface area contributed by atoms with E-state index < -0.39 is 0 Å². The Balaban J connectivity index is 1.82. The number of aliphatic hydroxyl groups excluding tert-OH is 1. The third kappa shape index (κ3) is 3.29. The van der Waals surface area contributed by atoms with Crippen LogP contribution in [0.3, 0.4) is 0 Å². The Morgan fingerprint density at radius 1 is 1.25 bits per heavy atom. The van der Waals surface area contributed by atoms with Crippen LogP contribution in [-0.2, 0) is 0 Å². The minimum absolute atomic E-state index is 0.154. The van der Waals surface area contributed by atoms with Crippen LogP contribution in [0.1, 0.15) is 45.4 Å². The Kier molecular flexibility index (Phi) is 4.36. The number of nitrogens with one attached hydrogen (secondary N) is 1. The number of piperidine rings is 1. The summed E-state index contributed by atoms with van der Waals surface area (Å²) in [4.78, 5) is 4.61. The first kappa shape index (κ1) is 12.1. The standard InChI is InChI=1S/C13H24N2O/c1-10-6-7-14-13(8-10)15-9-11-4-2-3-5-12(11)16/h9-14,16H,2-8H2,1H3. The molecule has 3 heteroatoms. The highest BCUT2D eigenvalue weighted by Crippen LogP contribution is 2.23. The number of aliphatic hydroxyl groups is 1. The summed E-state index contributed by atoms with van der Waals surface area (Å²) >= 11 is 0. The van der Waals surface area contributed by atoms with Crippen LogP contribution in [0.25, 0.3) is 0 Å². The first-order valence-corrected chi connectivity index (χ1v) is 6.70. The van der Waals surface area contributed by atoms with Crippen molar-refractivity contribution in [3.63, 3.8) is 0 Å². The molecule has 0 radical (unpaired) electrons. The zero-order chi connectivity index (χ0) is 11.4. The zero-order valence-electron chi connectivity index (χ0n) is 10.2. The average molecular weight is 224 g/mol. The van der Waals surface area contributed by atoms with Crippen molar-refractivity contribution in [3.8, 4) is 0 Å². The Bertz CT molecular complexity index is 242. The zero-order valence-corrected chi connectivity index (χ0v) is 10.2. The normalized spacial score (nSPS) is 41.4. The lowest BCUT2D eigenvalue weighted by Gasteiger charge is -2.27. The quantitative estimate of drug-likeness (QED) is 0.704. The van der Waals surface area contributed by atoms with E-state index in [1.54, 1.807) is 0 Å². The molecule has 1 heterocycles. The molecule has 2 fully saturated rings. The topological polar surface area (TPSA) is 44.6 Å². The van der Waals surface area contributed by atoms with Gasteiger partial charge in [0, 0.05) is 12.1 Å². The Morgan fingerprint density at radius 2 is 2.06 bits per heavy atom. The third-order valence-electron chi connectivity index (χ3n) is 3.88. The van der Waals surface area contributed by atoms with Crippen molar-refractivity contribution in [2.24, 2.45) is 16.8 Å². The SMILES string of the molecule is CC1CCNC(N=CC2CCCCC2O)C1. The molecule has 4 unspecified atom stereocenters. The number of hydrogen-bond acceptors (Lipinski definition) is 3. The Morgan fingerprint density at radius 3 is 2.81 bits per heavy atom. The summed E-state index contributed by atoms with van der Waals surface area (Å²) in [5, 5.41) is 13.3. The molecule has 3 nitrogen and oxygen atoms in total. The van der Waals surface area contributed by atoms with Crippen molar-refractivity contribution in [2.75, 3.05) is 6.54 Å². The molecule has 0 aromatic heterocycles. The molecule has 1 saturated heterocycles. The molecule has 0 aromatic carbocycles. The lowest BCUT2D eigenvalue weighted by molar-refractivity contribution is 0.103. The number of nitrogens with zero attached hydrogens (tertiary/aromatic N) is 1. The first-order chi connectivity index (χ1) is 7.75. The molecule has 0 spiro atoms. The number of rotatable bonds is 2. The van der Waals surface area contributed by atoms with Crippen LogP contribution in [-0.4, -0.2) is 30.1 Å². The summed E-state index contributed by atoms with van der Waals surface area (Å²) in [7, 11) is 0. The highest BCUT2D eigenvalue weighted by Gasteiger charge is 2.22. The van der Waals surface area contributed by atoms with E-state index in [2.05, 4.69) is 17.2 Å². The lowest BCUT2D eigenvalue weighted by atomic mass is 9.87. The summed E-state index contributed by atoms with van der Waals surface area (Å²) in [6.45, 7) is 3.37. The van der Waals surface area contributed by atoms with Gasteiger partial charge in [-0.25, -0.2) is 0 Å². The molecule has 0 bridgehead atoms. The molecule has 1 saturated carbocycles. The van der Waals surface area contributed by atoms with Crippen molar-refractivity contribution in [2.45, 2.75) is 57.7 Å². The van der Waals surface area contributed by atoms with E-state index in [0.29, 0.717) is 5.92 Å². The highest BCUT2D eigenvalue weighted by molar-refractivity contribution is 5.62. The monoisotopic (exact) mass is 224 g/mol. The second kappa shape index (κ2) is 5.78. The molecule has 92 valence electrons. The maximum atomic E-state index is 9.84. The summed E-state index contributed by atoms with van der Waals surface area (Å²) in [5.41, 5.74) is 0. The van der Waals surface area contributed by atoms with Crippen molar-refractivity contribution in [1.82, 2.24) is 5.32 Å². The van der Waals surface area contributed by atoms with Crippen LogP contribution in [0.5, 0.6) is 0 Å². The van der Waals surface area contributed by atoms with Crippen LogP contribution in [0.15, 0.2) is 4.99 Å². The highest BCUT2D eigenvalue weighted by atomic mass is 16.3. The Labute approximate surface area is 98.3 Å². The van der Waals surface area contributed by atoms with Crippen molar-refractivity contribution in [3.05, 3.63) is 0 Å². The summed E-state index contributed by atoms with van der Waals surface area (Å²) in [6, 6.07) is 0. The molecule has 0 aromatic rings. The largest absolute Gasteiger partial charge is 0.392 e. The fraction of sp³-hybridized carbons (Fsp3) is 0.923. The van der Waals surface area contributed by atoms with Gasteiger partial charge in [0.05, 0.1) is 12.3 Å². The summed E-state index contributed by atoms with van der Waals surface area (Å²) < 4.78 is 0. The van der Waals surface area contributed by atoms with E-state index in [9.17, 15) is 5.11 Å². The van der Waals surface area contributed by atoms with Crippen molar-refractivity contribution in [1.29, 1.82) is 0 Å². The maximum Gasteiger partial charge on any atom is 0.0992 e. The molecule has 0 amide bonds. The van der Waals surface area contributed by atoms with Crippen LogP contribution >= 0.6 is 0 Å². The van der Waals surface area contributed by atoms with E-state index in [0.717, 1.165) is 31.7 Å². The van der Waals surface area contributed by atoms with Gasteiger partial charge < -0.3 is 5.11 Å². The smallest absolute Gasteiger partial charge is 0.0992 e. The molecular weight excluding hydrogens is 200 g/mol. The number of aliphatic imine (C=N–C) groups is 1. The van der Waals surface area contributed by atoms with Gasteiger partial charge in [0.25, 0.3) is 0 Å². The fourth-order valence-corrected chi connectivity index (χ4v) is 2.72. The average Bonchev–Trinajstić information content (AvgIpc) is 2.28. The first-order valence-electron chi connectivity index (χ1n) is 6.70. The fourth-order valence-electron chi connectivity index (χ4n) is 2.72. The van der Waals surface area contributed by atoms with Crippen LogP contribution in [0.2, 0.25) is 0 Å². The van der Waals surface area contributed by atoms with Gasteiger partial charge in [-0.15, -0.1) is 0 Å². The lowest BCUT2D eigenvalue weighted by Crippen LogP contribution is -2.36. The van der Waals surface area contributed by atoms with Gasteiger partial charge >= 0.3 is 0 Å². The van der Waals surface area contributed by atoms with Crippen molar-refractivity contribution >= 4 is 6.21 Å². The minimum atomic E-state index is -0.154. The van der Waals surface area contributed by atoms with E-state index in [1.165, 1.54) is 19.3 Å². The van der Waals surface area contributed by atoms with Gasteiger partial charge in [0.15, 0.2) is 0 Å². The second-order valence-corrected chi connectivity index (χ2v) is 5.41. The minimum Gasteiger partial charge on any atom is -0.392 e. The molecule has 4 atom stereocenters.